The predicted octanol–water partition coefficient (Wildman–Crippen LogP) is 5.65. The minimum absolute atomic E-state index is 0.138. The largest absolute Gasteiger partial charge is 0.387 e. The standard InChI is InChI=1S/C21H39NO/c1-14(2)15(3)19(10)16(4,5)17(6,7)21(12,23)20(11,22-13)18(19,8)9/h23H,13H2,1-12H3. The summed E-state index contributed by atoms with van der Waals surface area (Å²) in [5.74, 6) is 0. The van der Waals surface area contributed by atoms with Gasteiger partial charge in [-0.25, -0.2) is 0 Å². The van der Waals surface area contributed by atoms with Crippen molar-refractivity contribution >= 4 is 6.72 Å². The van der Waals surface area contributed by atoms with Gasteiger partial charge in [-0.2, -0.15) is 0 Å². The van der Waals surface area contributed by atoms with E-state index < -0.39 is 11.1 Å². The minimum atomic E-state index is -0.976. The molecule has 0 aromatic rings. The van der Waals surface area contributed by atoms with Crippen LogP contribution in [0.3, 0.4) is 0 Å². The summed E-state index contributed by atoms with van der Waals surface area (Å²) in [5, 5.41) is 11.7. The maximum Gasteiger partial charge on any atom is 0.0928 e. The predicted molar refractivity (Wildman–Crippen MR) is 102 cm³/mol. The maximum absolute atomic E-state index is 11.7. The van der Waals surface area contributed by atoms with Gasteiger partial charge >= 0.3 is 0 Å². The smallest absolute Gasteiger partial charge is 0.0928 e. The minimum Gasteiger partial charge on any atom is -0.387 e. The lowest BCUT2D eigenvalue weighted by molar-refractivity contribution is -0.280. The second kappa shape index (κ2) is 4.94. The Bertz CT molecular complexity index is 546. The zero-order chi connectivity index (χ0) is 18.9. The van der Waals surface area contributed by atoms with Crippen LogP contribution in [0, 0.1) is 21.7 Å². The molecule has 1 fully saturated rings. The summed E-state index contributed by atoms with van der Waals surface area (Å²) in [6, 6.07) is 0. The van der Waals surface area contributed by atoms with Crippen LogP contribution in [-0.2, 0) is 0 Å². The van der Waals surface area contributed by atoms with E-state index >= 15 is 0 Å². The fraction of sp³-hybridized carbons (Fsp3) is 0.857. The Morgan fingerprint density at radius 1 is 0.739 bits per heavy atom. The van der Waals surface area contributed by atoms with Crippen LogP contribution < -0.4 is 0 Å². The zero-order valence-electron chi connectivity index (χ0n) is 17.6. The van der Waals surface area contributed by atoms with E-state index in [4.69, 9.17) is 0 Å². The first kappa shape index (κ1) is 20.4. The Hall–Kier alpha value is -0.630. The summed E-state index contributed by atoms with van der Waals surface area (Å²) < 4.78 is 0. The van der Waals surface area contributed by atoms with Gasteiger partial charge in [0.1, 0.15) is 0 Å². The average molecular weight is 322 g/mol. The molecular formula is C21H39NO. The van der Waals surface area contributed by atoms with E-state index in [-0.39, 0.29) is 21.7 Å². The fourth-order valence-electron chi connectivity index (χ4n) is 5.51. The van der Waals surface area contributed by atoms with Crippen molar-refractivity contribution in [1.82, 2.24) is 0 Å². The molecule has 0 aliphatic heterocycles. The SMILES string of the molecule is C=NC1(C)C(C)(C)C(C)(C(C)=C(C)C)C(C)(C)C(C)(C)C1(C)O. The topological polar surface area (TPSA) is 32.6 Å². The second-order valence-electron chi connectivity index (χ2n) is 9.93. The van der Waals surface area contributed by atoms with Gasteiger partial charge in [-0.1, -0.05) is 59.6 Å². The van der Waals surface area contributed by atoms with Gasteiger partial charge in [-0.15, -0.1) is 0 Å². The highest BCUT2D eigenvalue weighted by molar-refractivity contribution is 5.39. The van der Waals surface area contributed by atoms with Crippen molar-refractivity contribution in [2.75, 3.05) is 0 Å². The van der Waals surface area contributed by atoms with E-state index in [0.717, 1.165) is 0 Å². The van der Waals surface area contributed by atoms with Gasteiger partial charge in [0.15, 0.2) is 0 Å². The molecule has 2 heteroatoms. The molecule has 1 aliphatic rings. The Labute approximate surface area is 144 Å². The quantitative estimate of drug-likeness (QED) is 0.517. The van der Waals surface area contributed by atoms with Crippen molar-refractivity contribution in [3.8, 4) is 0 Å². The van der Waals surface area contributed by atoms with Crippen molar-refractivity contribution in [3.63, 3.8) is 0 Å². The number of rotatable bonds is 2. The molecule has 0 heterocycles. The Morgan fingerprint density at radius 2 is 1.13 bits per heavy atom. The normalized spacial score (nSPS) is 41.3. The molecule has 1 N–H and O–H groups in total. The number of aliphatic imine (C=N–C) groups is 1. The zero-order valence-corrected chi connectivity index (χ0v) is 17.6. The van der Waals surface area contributed by atoms with E-state index in [1.165, 1.54) is 11.1 Å². The van der Waals surface area contributed by atoms with E-state index in [1.807, 2.05) is 6.92 Å². The van der Waals surface area contributed by atoms with Crippen LogP contribution in [0.4, 0.5) is 0 Å². The first-order valence-electron chi connectivity index (χ1n) is 8.76. The first-order chi connectivity index (χ1) is 9.91. The van der Waals surface area contributed by atoms with Gasteiger partial charge < -0.3 is 5.11 Å². The Morgan fingerprint density at radius 3 is 1.43 bits per heavy atom. The van der Waals surface area contributed by atoms with E-state index in [2.05, 4.69) is 87.9 Å². The highest BCUT2D eigenvalue weighted by Crippen LogP contribution is 2.75. The van der Waals surface area contributed by atoms with Crippen molar-refractivity contribution in [1.29, 1.82) is 0 Å². The van der Waals surface area contributed by atoms with Gasteiger partial charge in [0.2, 0.25) is 0 Å². The maximum atomic E-state index is 11.7. The third-order valence-electron chi connectivity index (χ3n) is 9.26. The summed E-state index contributed by atoms with van der Waals surface area (Å²) in [4.78, 5) is 4.56. The van der Waals surface area contributed by atoms with Crippen LogP contribution in [0.25, 0.3) is 0 Å². The van der Waals surface area contributed by atoms with Gasteiger partial charge in [0, 0.05) is 16.2 Å². The third kappa shape index (κ3) is 1.82. The molecular weight excluding hydrogens is 282 g/mol. The van der Waals surface area contributed by atoms with Gasteiger partial charge in [0.05, 0.1) is 11.1 Å². The summed E-state index contributed by atoms with van der Waals surface area (Å²) in [5.41, 5.74) is 0.200. The van der Waals surface area contributed by atoms with Crippen LogP contribution in [0.15, 0.2) is 16.1 Å². The van der Waals surface area contributed by atoms with Gasteiger partial charge in [-0.3, -0.25) is 4.99 Å². The van der Waals surface area contributed by atoms with Crippen molar-refractivity contribution in [2.24, 2.45) is 26.7 Å². The lowest BCUT2D eigenvalue weighted by atomic mass is 9.31. The number of aliphatic hydroxyl groups is 1. The molecule has 0 amide bonds. The molecule has 23 heavy (non-hydrogen) atoms. The molecule has 0 aromatic heterocycles. The number of hydrogen-bond acceptors (Lipinski definition) is 2. The fourth-order valence-corrected chi connectivity index (χ4v) is 5.51. The second-order valence-corrected chi connectivity index (χ2v) is 9.93. The molecule has 3 atom stereocenters. The third-order valence-corrected chi connectivity index (χ3v) is 9.26. The molecule has 1 saturated carbocycles. The molecule has 0 radical (unpaired) electrons. The number of allylic oxidation sites excluding steroid dienone is 2. The molecule has 0 aromatic carbocycles. The summed E-state index contributed by atoms with van der Waals surface area (Å²) in [7, 11) is 0. The highest BCUT2D eigenvalue weighted by atomic mass is 16.3. The average Bonchev–Trinajstić information content (AvgIpc) is 2.41. The lowest BCUT2D eigenvalue weighted by Gasteiger charge is -2.75. The van der Waals surface area contributed by atoms with Gasteiger partial charge in [0.25, 0.3) is 0 Å². The monoisotopic (exact) mass is 321 g/mol. The molecule has 134 valence electrons. The van der Waals surface area contributed by atoms with Crippen LogP contribution in [0.5, 0.6) is 0 Å². The Balaban J connectivity index is 4.08. The Kier molecular flexibility index (Phi) is 4.38. The van der Waals surface area contributed by atoms with E-state index in [1.54, 1.807) is 0 Å². The van der Waals surface area contributed by atoms with E-state index in [0.29, 0.717) is 0 Å². The van der Waals surface area contributed by atoms with Crippen LogP contribution >= 0.6 is 0 Å². The summed E-state index contributed by atoms with van der Waals surface area (Å²) in [6.07, 6.45) is 0. The van der Waals surface area contributed by atoms with Crippen LogP contribution in [-0.4, -0.2) is 23.0 Å². The van der Waals surface area contributed by atoms with Crippen molar-refractivity contribution in [2.45, 2.75) is 94.2 Å². The molecule has 0 bridgehead atoms. The number of nitrogens with zero attached hydrogens (tertiary/aromatic N) is 1. The highest BCUT2D eigenvalue weighted by Gasteiger charge is 2.76. The van der Waals surface area contributed by atoms with Crippen molar-refractivity contribution < 1.29 is 5.11 Å². The molecule has 0 saturated heterocycles. The lowest BCUT2D eigenvalue weighted by Crippen LogP contribution is -2.78. The molecule has 2 nitrogen and oxygen atoms in total. The molecule has 1 aliphatic carbocycles. The first-order valence-corrected chi connectivity index (χ1v) is 8.76. The molecule has 0 spiro atoms. The van der Waals surface area contributed by atoms with Crippen LogP contribution in [0.1, 0.15) is 83.1 Å². The van der Waals surface area contributed by atoms with E-state index in [9.17, 15) is 5.11 Å². The summed E-state index contributed by atoms with van der Waals surface area (Å²) >= 11 is 0. The summed E-state index contributed by atoms with van der Waals surface area (Å²) in [6.45, 7) is 30.4. The molecule has 1 rings (SSSR count). The van der Waals surface area contributed by atoms with Crippen LogP contribution in [0.2, 0.25) is 0 Å². The van der Waals surface area contributed by atoms with Crippen molar-refractivity contribution in [3.05, 3.63) is 11.1 Å². The molecule has 3 unspecified atom stereocenters. The van der Waals surface area contributed by atoms with Gasteiger partial charge in [-0.05, 0) is 46.8 Å². The number of hydrogen-bond donors (Lipinski definition) is 1.